The van der Waals surface area contributed by atoms with Crippen LogP contribution in [0.4, 0.5) is 5.82 Å². The molecule has 3 N–H and O–H groups in total. The Labute approximate surface area is 150 Å². The molecule has 0 bridgehead atoms. The minimum absolute atomic E-state index is 0. The zero-order valence-corrected chi connectivity index (χ0v) is 14.6. The maximum atomic E-state index is 12.2. The summed E-state index contributed by atoms with van der Waals surface area (Å²) in [7, 11) is 0. The van der Waals surface area contributed by atoms with Crippen molar-refractivity contribution in [1.82, 2.24) is 15.5 Å². The largest absolute Gasteiger partial charge is 0.316 e. The number of aromatic amines is 1. The molecule has 1 aliphatic rings. The molecule has 2 heterocycles. The number of rotatable bonds is 3. The fourth-order valence-corrected chi connectivity index (χ4v) is 3.07. The summed E-state index contributed by atoms with van der Waals surface area (Å²) in [5.74, 6) is 0.491. The average Bonchev–Trinajstić information content (AvgIpc) is 2.96. The Morgan fingerprint density at radius 2 is 1.96 bits per heavy atom. The first kappa shape index (κ1) is 18.1. The first-order valence-corrected chi connectivity index (χ1v) is 7.91. The van der Waals surface area contributed by atoms with Gasteiger partial charge in [-0.3, -0.25) is 9.89 Å². The number of piperidine rings is 1. The molecule has 23 heavy (non-hydrogen) atoms. The van der Waals surface area contributed by atoms with Gasteiger partial charge in [0.25, 0.3) is 0 Å². The Kier molecular flexibility index (Phi) is 6.30. The minimum Gasteiger partial charge on any atom is -0.316 e. The third kappa shape index (κ3) is 4.61. The van der Waals surface area contributed by atoms with Gasteiger partial charge in [0.2, 0.25) is 5.91 Å². The SMILES string of the molecule is Cl.O=C(Nc1cc(-c2cc(Cl)cc(Cl)c2)[nH]n1)C1CCCNC1. The zero-order chi connectivity index (χ0) is 15.5. The van der Waals surface area contributed by atoms with E-state index in [4.69, 9.17) is 23.2 Å². The van der Waals surface area contributed by atoms with Crippen molar-refractivity contribution in [3.05, 3.63) is 34.3 Å². The Hall–Kier alpha value is -1.27. The maximum Gasteiger partial charge on any atom is 0.229 e. The van der Waals surface area contributed by atoms with Crippen LogP contribution in [0.1, 0.15) is 12.8 Å². The number of halogens is 3. The van der Waals surface area contributed by atoms with Crippen LogP contribution in [0.2, 0.25) is 10.0 Å². The van der Waals surface area contributed by atoms with E-state index in [2.05, 4.69) is 20.8 Å². The second-order valence-electron chi connectivity index (χ2n) is 5.36. The molecule has 3 rings (SSSR count). The molecule has 0 aliphatic carbocycles. The van der Waals surface area contributed by atoms with Crippen molar-refractivity contribution in [2.24, 2.45) is 5.92 Å². The summed E-state index contributed by atoms with van der Waals surface area (Å²) in [5.41, 5.74) is 1.58. The summed E-state index contributed by atoms with van der Waals surface area (Å²) in [4.78, 5) is 12.2. The Balaban J connectivity index is 0.00000192. The fourth-order valence-electron chi connectivity index (χ4n) is 2.55. The van der Waals surface area contributed by atoms with Crippen molar-refractivity contribution in [1.29, 1.82) is 0 Å². The number of aromatic nitrogens is 2. The first-order valence-electron chi connectivity index (χ1n) is 7.15. The second kappa shape index (κ2) is 8.02. The standard InChI is InChI=1S/C15H16Cl2N4O.ClH/c16-11-4-10(5-12(17)6-11)13-7-14(21-20-13)19-15(22)9-2-1-3-18-8-9;/h4-7,9,18H,1-3,8H2,(H2,19,20,21,22);1H. The number of nitrogens with zero attached hydrogens (tertiary/aromatic N) is 1. The molecule has 1 amide bonds. The summed E-state index contributed by atoms with van der Waals surface area (Å²) < 4.78 is 0. The molecule has 0 saturated carbocycles. The number of anilines is 1. The molecule has 8 heteroatoms. The predicted octanol–water partition coefficient (Wildman–Crippen LogP) is 3.74. The Bertz CT molecular complexity index is 663. The van der Waals surface area contributed by atoms with E-state index >= 15 is 0 Å². The van der Waals surface area contributed by atoms with Crippen LogP contribution in [-0.2, 0) is 4.79 Å². The van der Waals surface area contributed by atoms with E-state index in [1.165, 1.54) is 0 Å². The molecule has 1 atom stereocenters. The lowest BCUT2D eigenvalue weighted by Crippen LogP contribution is -2.37. The number of benzene rings is 1. The monoisotopic (exact) mass is 374 g/mol. The Morgan fingerprint density at radius 1 is 1.22 bits per heavy atom. The molecule has 1 aliphatic heterocycles. The molecule has 1 unspecified atom stereocenters. The van der Waals surface area contributed by atoms with Gasteiger partial charge < -0.3 is 10.6 Å². The van der Waals surface area contributed by atoms with Crippen LogP contribution in [0.25, 0.3) is 11.3 Å². The van der Waals surface area contributed by atoms with Gasteiger partial charge in [-0.25, -0.2) is 0 Å². The van der Waals surface area contributed by atoms with Crippen molar-refractivity contribution >= 4 is 47.3 Å². The molecule has 1 saturated heterocycles. The number of H-pyrrole nitrogens is 1. The van der Waals surface area contributed by atoms with Crippen LogP contribution in [0.15, 0.2) is 24.3 Å². The van der Waals surface area contributed by atoms with Crippen LogP contribution >= 0.6 is 35.6 Å². The molecule has 2 aromatic rings. The van der Waals surface area contributed by atoms with E-state index in [9.17, 15) is 4.79 Å². The molecular weight excluding hydrogens is 359 g/mol. The predicted molar refractivity (Wildman–Crippen MR) is 95.5 cm³/mol. The van der Waals surface area contributed by atoms with Gasteiger partial charge in [0.15, 0.2) is 5.82 Å². The molecule has 124 valence electrons. The minimum atomic E-state index is -0.00521. The lowest BCUT2D eigenvalue weighted by molar-refractivity contribution is -0.120. The average molecular weight is 376 g/mol. The number of hydrogen-bond acceptors (Lipinski definition) is 3. The van der Waals surface area contributed by atoms with E-state index in [1.807, 2.05) is 0 Å². The number of carbonyl (C=O) groups excluding carboxylic acids is 1. The molecule has 1 aromatic heterocycles. The van der Waals surface area contributed by atoms with Gasteiger partial charge in [-0.15, -0.1) is 12.4 Å². The van der Waals surface area contributed by atoms with Gasteiger partial charge in [0, 0.05) is 28.2 Å². The third-order valence-electron chi connectivity index (χ3n) is 3.67. The molecule has 0 spiro atoms. The third-order valence-corrected chi connectivity index (χ3v) is 4.11. The van der Waals surface area contributed by atoms with E-state index in [-0.39, 0.29) is 24.2 Å². The molecule has 1 aromatic carbocycles. The topological polar surface area (TPSA) is 69.8 Å². The highest BCUT2D eigenvalue weighted by Crippen LogP contribution is 2.27. The van der Waals surface area contributed by atoms with Gasteiger partial charge in [-0.2, -0.15) is 5.10 Å². The highest BCUT2D eigenvalue weighted by Gasteiger charge is 2.21. The van der Waals surface area contributed by atoms with Gasteiger partial charge >= 0.3 is 0 Å². The van der Waals surface area contributed by atoms with E-state index in [0.29, 0.717) is 22.4 Å². The summed E-state index contributed by atoms with van der Waals surface area (Å²) in [5, 5.41) is 14.2. The van der Waals surface area contributed by atoms with Crippen molar-refractivity contribution < 1.29 is 4.79 Å². The zero-order valence-electron chi connectivity index (χ0n) is 12.2. The molecule has 5 nitrogen and oxygen atoms in total. The normalized spacial score (nSPS) is 17.4. The van der Waals surface area contributed by atoms with Crippen LogP contribution in [0.3, 0.4) is 0 Å². The van der Waals surface area contributed by atoms with Crippen LogP contribution in [0.5, 0.6) is 0 Å². The molecule has 0 radical (unpaired) electrons. The smallest absolute Gasteiger partial charge is 0.229 e. The van der Waals surface area contributed by atoms with Gasteiger partial charge in [0.1, 0.15) is 0 Å². The summed E-state index contributed by atoms with van der Waals surface area (Å²) in [6, 6.07) is 7.02. The quantitative estimate of drug-likeness (QED) is 0.765. The van der Waals surface area contributed by atoms with Gasteiger partial charge in [0.05, 0.1) is 11.6 Å². The van der Waals surface area contributed by atoms with Crippen molar-refractivity contribution in [2.45, 2.75) is 12.8 Å². The number of nitrogens with one attached hydrogen (secondary N) is 3. The first-order chi connectivity index (χ1) is 10.6. The van der Waals surface area contributed by atoms with E-state index in [0.717, 1.165) is 30.6 Å². The van der Waals surface area contributed by atoms with E-state index < -0.39 is 0 Å². The second-order valence-corrected chi connectivity index (χ2v) is 6.23. The van der Waals surface area contributed by atoms with Crippen LogP contribution < -0.4 is 10.6 Å². The summed E-state index contributed by atoms with van der Waals surface area (Å²) in [6.07, 6.45) is 1.92. The van der Waals surface area contributed by atoms with Gasteiger partial charge in [-0.1, -0.05) is 23.2 Å². The lowest BCUT2D eigenvalue weighted by Gasteiger charge is -2.21. The summed E-state index contributed by atoms with van der Waals surface area (Å²) >= 11 is 12.0. The maximum absolute atomic E-state index is 12.2. The number of hydrogen-bond donors (Lipinski definition) is 3. The number of amides is 1. The van der Waals surface area contributed by atoms with E-state index in [1.54, 1.807) is 24.3 Å². The highest BCUT2D eigenvalue weighted by atomic mass is 35.5. The number of carbonyl (C=O) groups is 1. The van der Waals surface area contributed by atoms with Crippen molar-refractivity contribution in [3.63, 3.8) is 0 Å². The highest BCUT2D eigenvalue weighted by molar-refractivity contribution is 6.35. The van der Waals surface area contributed by atoms with Crippen molar-refractivity contribution in [2.75, 3.05) is 18.4 Å². The lowest BCUT2D eigenvalue weighted by atomic mass is 9.99. The summed E-state index contributed by atoms with van der Waals surface area (Å²) in [6.45, 7) is 1.69. The molecule has 1 fully saturated rings. The van der Waals surface area contributed by atoms with Crippen LogP contribution in [0, 0.1) is 5.92 Å². The van der Waals surface area contributed by atoms with Gasteiger partial charge in [-0.05, 0) is 37.6 Å². The van der Waals surface area contributed by atoms with Crippen LogP contribution in [-0.4, -0.2) is 29.2 Å². The fraction of sp³-hybridized carbons (Fsp3) is 0.333. The van der Waals surface area contributed by atoms with Crippen molar-refractivity contribution in [3.8, 4) is 11.3 Å². The Morgan fingerprint density at radius 3 is 2.61 bits per heavy atom. The molecular formula is C15H17Cl3N4O.